The number of ether oxygens (including phenoxy) is 3. The highest BCUT2D eigenvalue weighted by Gasteiger charge is 2.39. The first-order chi connectivity index (χ1) is 4.88. The van der Waals surface area contributed by atoms with E-state index in [1.165, 1.54) is 0 Å². The highest BCUT2D eigenvalue weighted by atomic mass is 16.7. The van der Waals surface area contributed by atoms with E-state index in [1.807, 2.05) is 0 Å². The molecule has 58 valence electrons. The molecule has 0 saturated carbocycles. The monoisotopic (exact) mass is 146 g/mol. The lowest BCUT2D eigenvalue weighted by Crippen LogP contribution is -2.36. The molecule has 10 heavy (non-hydrogen) atoms. The third kappa shape index (κ3) is 0.932. The van der Waals surface area contributed by atoms with Gasteiger partial charge in [0.2, 0.25) is 0 Å². The van der Waals surface area contributed by atoms with Crippen molar-refractivity contribution in [3.05, 3.63) is 0 Å². The van der Waals surface area contributed by atoms with Gasteiger partial charge in [0.1, 0.15) is 6.79 Å². The number of rotatable bonds is 0. The molecule has 4 nitrogen and oxygen atoms in total. The SMILES string of the molecule is OC1OC[C@@H]2OCOC[C@H]12. The molecular formula is C6H10O4. The molecule has 2 aliphatic heterocycles. The molecule has 0 spiro atoms. The Labute approximate surface area is 58.7 Å². The van der Waals surface area contributed by atoms with E-state index in [0.29, 0.717) is 20.0 Å². The maximum atomic E-state index is 9.14. The highest BCUT2D eigenvalue weighted by Crippen LogP contribution is 2.25. The Hall–Kier alpha value is -0.160. The maximum Gasteiger partial charge on any atom is 0.162 e. The van der Waals surface area contributed by atoms with E-state index in [-0.39, 0.29) is 12.0 Å². The fourth-order valence-electron chi connectivity index (χ4n) is 1.31. The summed E-state index contributed by atoms with van der Waals surface area (Å²) in [7, 11) is 0. The first kappa shape index (κ1) is 6.54. The molecule has 1 unspecified atom stereocenters. The lowest BCUT2D eigenvalue weighted by Gasteiger charge is -2.24. The van der Waals surface area contributed by atoms with Gasteiger partial charge < -0.3 is 19.3 Å². The summed E-state index contributed by atoms with van der Waals surface area (Å²) < 4.78 is 15.1. The molecule has 2 rings (SSSR count). The smallest absolute Gasteiger partial charge is 0.162 e. The van der Waals surface area contributed by atoms with Crippen molar-refractivity contribution in [3.63, 3.8) is 0 Å². The Bertz CT molecular complexity index is 125. The molecule has 4 heteroatoms. The molecule has 0 aromatic carbocycles. The minimum Gasteiger partial charge on any atom is -0.368 e. The molecule has 0 radical (unpaired) electrons. The fourth-order valence-corrected chi connectivity index (χ4v) is 1.31. The van der Waals surface area contributed by atoms with Crippen LogP contribution in [0.25, 0.3) is 0 Å². The minimum absolute atomic E-state index is 0.0220. The van der Waals surface area contributed by atoms with Crippen molar-refractivity contribution in [3.8, 4) is 0 Å². The third-order valence-electron chi connectivity index (χ3n) is 1.95. The zero-order valence-electron chi connectivity index (χ0n) is 5.53. The van der Waals surface area contributed by atoms with E-state index < -0.39 is 6.29 Å². The van der Waals surface area contributed by atoms with Crippen LogP contribution in [0.4, 0.5) is 0 Å². The summed E-state index contributed by atoms with van der Waals surface area (Å²) in [6.07, 6.45) is -0.644. The summed E-state index contributed by atoms with van der Waals surface area (Å²) in [4.78, 5) is 0. The Balaban J connectivity index is 2.01. The van der Waals surface area contributed by atoms with Crippen LogP contribution < -0.4 is 0 Å². The van der Waals surface area contributed by atoms with E-state index >= 15 is 0 Å². The van der Waals surface area contributed by atoms with Crippen molar-refractivity contribution in [2.75, 3.05) is 20.0 Å². The van der Waals surface area contributed by atoms with E-state index in [0.717, 1.165) is 0 Å². The van der Waals surface area contributed by atoms with Gasteiger partial charge in [-0.05, 0) is 0 Å². The van der Waals surface area contributed by atoms with Crippen LogP contribution in [0.5, 0.6) is 0 Å². The van der Waals surface area contributed by atoms with E-state index in [9.17, 15) is 0 Å². The Morgan fingerprint density at radius 1 is 1.20 bits per heavy atom. The molecule has 2 heterocycles. The van der Waals surface area contributed by atoms with Crippen molar-refractivity contribution in [1.82, 2.24) is 0 Å². The average molecular weight is 146 g/mol. The van der Waals surface area contributed by atoms with Gasteiger partial charge in [-0.25, -0.2) is 0 Å². The van der Waals surface area contributed by atoms with E-state index in [2.05, 4.69) is 0 Å². The van der Waals surface area contributed by atoms with Crippen LogP contribution in [0.3, 0.4) is 0 Å². The number of aliphatic hydroxyl groups is 1. The zero-order valence-corrected chi connectivity index (χ0v) is 5.53. The Morgan fingerprint density at radius 2 is 2.10 bits per heavy atom. The van der Waals surface area contributed by atoms with Gasteiger partial charge in [-0.2, -0.15) is 0 Å². The first-order valence-electron chi connectivity index (χ1n) is 3.37. The predicted octanol–water partition coefficient (Wildman–Crippen LogP) is -0.676. The van der Waals surface area contributed by atoms with Gasteiger partial charge in [-0.15, -0.1) is 0 Å². The number of hydrogen-bond acceptors (Lipinski definition) is 4. The topological polar surface area (TPSA) is 47.9 Å². The predicted molar refractivity (Wildman–Crippen MR) is 31.1 cm³/mol. The van der Waals surface area contributed by atoms with Crippen molar-refractivity contribution in [2.24, 2.45) is 5.92 Å². The van der Waals surface area contributed by atoms with E-state index in [1.54, 1.807) is 0 Å². The Kier molecular flexibility index (Phi) is 1.61. The van der Waals surface area contributed by atoms with Gasteiger partial charge in [-0.3, -0.25) is 0 Å². The molecule has 0 aromatic heterocycles. The molecule has 2 aliphatic rings. The highest BCUT2D eigenvalue weighted by molar-refractivity contribution is 4.79. The Morgan fingerprint density at radius 3 is 2.90 bits per heavy atom. The number of aliphatic hydroxyl groups excluding tert-OH is 1. The lowest BCUT2D eigenvalue weighted by molar-refractivity contribution is -0.174. The van der Waals surface area contributed by atoms with Crippen LogP contribution in [0, 0.1) is 5.92 Å². The van der Waals surface area contributed by atoms with Crippen molar-refractivity contribution >= 4 is 0 Å². The quantitative estimate of drug-likeness (QED) is 0.492. The van der Waals surface area contributed by atoms with Crippen LogP contribution in [0.15, 0.2) is 0 Å². The van der Waals surface area contributed by atoms with Gasteiger partial charge >= 0.3 is 0 Å². The summed E-state index contributed by atoms with van der Waals surface area (Å²) in [5, 5.41) is 9.14. The molecule has 0 aliphatic carbocycles. The fraction of sp³-hybridized carbons (Fsp3) is 1.00. The summed E-state index contributed by atoms with van der Waals surface area (Å²) in [5.41, 5.74) is 0. The molecule has 3 atom stereocenters. The molecule has 0 aromatic rings. The molecule has 2 saturated heterocycles. The van der Waals surface area contributed by atoms with Crippen LogP contribution in [-0.4, -0.2) is 37.5 Å². The van der Waals surface area contributed by atoms with Crippen molar-refractivity contribution < 1.29 is 19.3 Å². The summed E-state index contributed by atoms with van der Waals surface area (Å²) in [5.74, 6) is 0.0220. The largest absolute Gasteiger partial charge is 0.368 e. The van der Waals surface area contributed by atoms with Gasteiger partial charge in [0.05, 0.1) is 25.2 Å². The summed E-state index contributed by atoms with van der Waals surface area (Å²) in [6.45, 7) is 1.37. The van der Waals surface area contributed by atoms with E-state index in [4.69, 9.17) is 19.3 Å². The molecular weight excluding hydrogens is 136 g/mol. The second kappa shape index (κ2) is 2.47. The zero-order chi connectivity index (χ0) is 6.97. The average Bonchev–Trinajstić information content (AvgIpc) is 2.34. The van der Waals surface area contributed by atoms with Crippen molar-refractivity contribution in [2.45, 2.75) is 12.4 Å². The van der Waals surface area contributed by atoms with Gasteiger partial charge in [0.15, 0.2) is 6.29 Å². The normalized spacial score (nSPS) is 47.1. The van der Waals surface area contributed by atoms with Gasteiger partial charge in [-0.1, -0.05) is 0 Å². The third-order valence-corrected chi connectivity index (χ3v) is 1.95. The van der Waals surface area contributed by atoms with Crippen LogP contribution in [0.1, 0.15) is 0 Å². The summed E-state index contributed by atoms with van der Waals surface area (Å²) in [6, 6.07) is 0. The lowest BCUT2D eigenvalue weighted by atomic mass is 10.1. The second-order valence-corrected chi connectivity index (χ2v) is 2.58. The van der Waals surface area contributed by atoms with Crippen LogP contribution in [0.2, 0.25) is 0 Å². The molecule has 2 fully saturated rings. The number of fused-ring (bicyclic) bond motifs is 1. The van der Waals surface area contributed by atoms with Crippen molar-refractivity contribution in [1.29, 1.82) is 0 Å². The van der Waals surface area contributed by atoms with Gasteiger partial charge in [0, 0.05) is 0 Å². The number of hydrogen-bond donors (Lipinski definition) is 1. The first-order valence-corrected chi connectivity index (χ1v) is 3.37. The minimum atomic E-state index is -0.690. The maximum absolute atomic E-state index is 9.14. The molecule has 0 amide bonds. The standard InChI is InChI=1S/C6H10O4/c7-6-4-1-8-3-10-5(4)2-9-6/h4-7H,1-3H2/t4-,5-,6?/m0/s1. The molecule has 1 N–H and O–H groups in total. The van der Waals surface area contributed by atoms with Gasteiger partial charge in [0.25, 0.3) is 0 Å². The van der Waals surface area contributed by atoms with Crippen LogP contribution in [-0.2, 0) is 14.2 Å². The summed E-state index contributed by atoms with van der Waals surface area (Å²) >= 11 is 0. The van der Waals surface area contributed by atoms with Crippen LogP contribution >= 0.6 is 0 Å². The molecule has 0 bridgehead atoms. The second-order valence-electron chi connectivity index (χ2n) is 2.58.